The van der Waals surface area contributed by atoms with Gasteiger partial charge in [-0.25, -0.2) is 10.4 Å². The molecule has 0 spiro atoms. The van der Waals surface area contributed by atoms with Crippen LogP contribution in [0.5, 0.6) is 5.75 Å². The van der Waals surface area contributed by atoms with Crippen molar-refractivity contribution < 1.29 is 9.90 Å². The number of rotatable bonds is 4. The summed E-state index contributed by atoms with van der Waals surface area (Å²) in [5.74, 6) is 0.667. The molecule has 0 radical (unpaired) electrons. The van der Waals surface area contributed by atoms with Gasteiger partial charge in [-0.15, -0.1) is 0 Å². The van der Waals surface area contributed by atoms with E-state index in [-0.39, 0.29) is 18.2 Å². The van der Waals surface area contributed by atoms with Crippen molar-refractivity contribution in [3.05, 3.63) is 72.1 Å². The molecule has 0 fully saturated rings. The highest BCUT2D eigenvalue weighted by molar-refractivity contribution is 6.06. The van der Waals surface area contributed by atoms with Gasteiger partial charge in [0, 0.05) is 10.9 Å². The second-order valence-corrected chi connectivity index (χ2v) is 6.65. The first-order valence-electron chi connectivity index (χ1n) is 9.00. The van der Waals surface area contributed by atoms with Gasteiger partial charge in [0.25, 0.3) is 5.91 Å². The Morgan fingerprint density at radius 1 is 1.11 bits per heavy atom. The summed E-state index contributed by atoms with van der Waals surface area (Å²) in [6.07, 6.45) is 0. The number of carbonyl (C=O) groups excluding carboxylic acids is 1. The zero-order valence-electron chi connectivity index (χ0n) is 15.7. The number of phenolic OH excluding ortho intramolecular Hbond substituents is 1. The summed E-state index contributed by atoms with van der Waals surface area (Å²) in [5.41, 5.74) is 5.45. The summed E-state index contributed by atoms with van der Waals surface area (Å²) in [6, 6.07) is 19.0. The van der Waals surface area contributed by atoms with Crippen molar-refractivity contribution in [2.75, 3.05) is 0 Å². The Balaban J connectivity index is 1.54. The highest BCUT2D eigenvalue weighted by Gasteiger charge is 2.12. The van der Waals surface area contributed by atoms with Gasteiger partial charge in [-0.05, 0) is 37.4 Å². The molecular formula is C22H20N4O2. The highest BCUT2D eigenvalue weighted by Crippen LogP contribution is 2.28. The van der Waals surface area contributed by atoms with E-state index in [1.807, 2.05) is 66.1 Å². The molecule has 2 N–H and O–H groups in total. The predicted molar refractivity (Wildman–Crippen MR) is 110 cm³/mol. The van der Waals surface area contributed by atoms with Crippen LogP contribution in [-0.4, -0.2) is 26.3 Å². The average Bonchev–Trinajstić information content (AvgIpc) is 3.02. The molecule has 0 aliphatic carbocycles. The van der Waals surface area contributed by atoms with Crippen LogP contribution in [0.3, 0.4) is 0 Å². The third kappa shape index (κ3) is 3.20. The van der Waals surface area contributed by atoms with Crippen LogP contribution in [-0.2, 0) is 11.3 Å². The fourth-order valence-corrected chi connectivity index (χ4v) is 3.33. The number of nitrogens with one attached hydrogen (secondary N) is 1. The van der Waals surface area contributed by atoms with Crippen LogP contribution < -0.4 is 5.43 Å². The lowest BCUT2D eigenvalue weighted by Crippen LogP contribution is -2.24. The molecule has 0 unspecified atom stereocenters. The maximum absolute atomic E-state index is 12.4. The maximum Gasteiger partial charge on any atom is 0.260 e. The first kappa shape index (κ1) is 17.7. The van der Waals surface area contributed by atoms with E-state index in [1.54, 1.807) is 13.0 Å². The van der Waals surface area contributed by atoms with Gasteiger partial charge in [0.05, 0.1) is 16.7 Å². The lowest BCUT2D eigenvalue weighted by atomic mass is 10.0. The van der Waals surface area contributed by atoms with Crippen LogP contribution in [0.4, 0.5) is 0 Å². The number of amides is 1. The number of aromatic hydroxyl groups is 1. The molecule has 28 heavy (non-hydrogen) atoms. The Morgan fingerprint density at radius 2 is 1.86 bits per heavy atom. The van der Waals surface area contributed by atoms with Crippen LogP contribution in [0, 0.1) is 6.92 Å². The van der Waals surface area contributed by atoms with E-state index in [0.29, 0.717) is 11.3 Å². The van der Waals surface area contributed by atoms with Crippen molar-refractivity contribution in [2.24, 2.45) is 5.10 Å². The number of imidazole rings is 1. The van der Waals surface area contributed by atoms with E-state index in [1.165, 1.54) is 0 Å². The zero-order valence-corrected chi connectivity index (χ0v) is 15.7. The Kier molecular flexibility index (Phi) is 4.53. The number of fused-ring (bicyclic) bond motifs is 2. The molecule has 0 aliphatic heterocycles. The van der Waals surface area contributed by atoms with Crippen molar-refractivity contribution in [3.8, 4) is 5.75 Å². The summed E-state index contributed by atoms with van der Waals surface area (Å²) in [7, 11) is 0. The van der Waals surface area contributed by atoms with Crippen LogP contribution in [0.1, 0.15) is 18.3 Å². The molecule has 1 heterocycles. The maximum atomic E-state index is 12.4. The lowest BCUT2D eigenvalue weighted by Gasteiger charge is -2.09. The fourth-order valence-electron chi connectivity index (χ4n) is 3.33. The number of phenols is 1. The molecule has 0 bridgehead atoms. The number of aryl methyl sites for hydroxylation is 1. The first-order valence-corrected chi connectivity index (χ1v) is 9.00. The van der Waals surface area contributed by atoms with Crippen molar-refractivity contribution in [3.63, 3.8) is 0 Å². The number of hydrazone groups is 1. The summed E-state index contributed by atoms with van der Waals surface area (Å²) < 4.78 is 1.85. The molecule has 0 saturated heterocycles. The fraction of sp³-hybridized carbons (Fsp3) is 0.136. The summed E-state index contributed by atoms with van der Waals surface area (Å²) in [5, 5.41) is 16.4. The van der Waals surface area contributed by atoms with Gasteiger partial charge in [-0.2, -0.15) is 5.10 Å². The van der Waals surface area contributed by atoms with Crippen LogP contribution in [0.25, 0.3) is 21.8 Å². The standard InChI is InChI=1S/C22H20N4O2/c1-14(17-12-11-16-7-3-4-8-18(16)22(17)28)24-25-21(27)13-26-15(2)23-19-9-5-6-10-20(19)26/h3-12,28H,13H2,1-2H3,(H,25,27)/b24-14+. The number of benzene rings is 3. The van der Waals surface area contributed by atoms with Gasteiger partial charge in [0.15, 0.2) is 0 Å². The lowest BCUT2D eigenvalue weighted by molar-refractivity contribution is -0.121. The van der Waals surface area contributed by atoms with Gasteiger partial charge in [0.1, 0.15) is 18.1 Å². The molecule has 3 aromatic carbocycles. The zero-order chi connectivity index (χ0) is 19.7. The molecule has 0 saturated carbocycles. The minimum Gasteiger partial charge on any atom is -0.507 e. The van der Waals surface area contributed by atoms with E-state index in [2.05, 4.69) is 15.5 Å². The van der Waals surface area contributed by atoms with Crippen molar-refractivity contribution >= 4 is 33.4 Å². The quantitative estimate of drug-likeness (QED) is 0.423. The second kappa shape index (κ2) is 7.15. The van der Waals surface area contributed by atoms with Gasteiger partial charge in [0.2, 0.25) is 0 Å². The minimum atomic E-state index is -0.258. The first-order chi connectivity index (χ1) is 13.5. The van der Waals surface area contributed by atoms with Gasteiger partial charge < -0.3 is 9.67 Å². The van der Waals surface area contributed by atoms with E-state index >= 15 is 0 Å². The number of hydrogen-bond donors (Lipinski definition) is 2. The molecule has 140 valence electrons. The summed E-state index contributed by atoms with van der Waals surface area (Å²) in [6.45, 7) is 3.74. The summed E-state index contributed by atoms with van der Waals surface area (Å²) in [4.78, 5) is 16.9. The number of nitrogens with zero attached hydrogens (tertiary/aromatic N) is 3. The molecule has 4 aromatic rings. The van der Waals surface area contributed by atoms with E-state index in [0.717, 1.165) is 27.6 Å². The normalized spacial score (nSPS) is 11.9. The Labute approximate surface area is 162 Å². The molecule has 6 nitrogen and oxygen atoms in total. The highest BCUT2D eigenvalue weighted by atomic mass is 16.3. The monoisotopic (exact) mass is 372 g/mol. The van der Waals surface area contributed by atoms with E-state index in [4.69, 9.17) is 0 Å². The van der Waals surface area contributed by atoms with Crippen molar-refractivity contribution in [1.82, 2.24) is 15.0 Å². The molecule has 6 heteroatoms. The third-order valence-electron chi connectivity index (χ3n) is 4.79. The predicted octanol–water partition coefficient (Wildman–Crippen LogP) is 3.74. The van der Waals surface area contributed by atoms with Gasteiger partial charge in [-0.1, -0.05) is 42.5 Å². The second-order valence-electron chi connectivity index (χ2n) is 6.65. The Hall–Kier alpha value is -3.67. The third-order valence-corrected chi connectivity index (χ3v) is 4.79. The van der Waals surface area contributed by atoms with Gasteiger partial charge >= 0.3 is 0 Å². The van der Waals surface area contributed by atoms with E-state index in [9.17, 15) is 9.90 Å². The SMILES string of the molecule is C/C(=N\NC(=O)Cn1c(C)nc2ccccc21)c1ccc2ccccc2c1O. The smallest absolute Gasteiger partial charge is 0.260 e. The molecule has 0 atom stereocenters. The Bertz CT molecular complexity index is 1220. The van der Waals surface area contributed by atoms with Gasteiger partial charge in [-0.3, -0.25) is 4.79 Å². The van der Waals surface area contributed by atoms with E-state index < -0.39 is 0 Å². The van der Waals surface area contributed by atoms with Crippen molar-refractivity contribution in [2.45, 2.75) is 20.4 Å². The molecule has 1 aromatic heterocycles. The number of aromatic nitrogens is 2. The molecular weight excluding hydrogens is 352 g/mol. The number of hydrogen-bond acceptors (Lipinski definition) is 4. The van der Waals surface area contributed by atoms with Crippen LogP contribution in [0.15, 0.2) is 65.8 Å². The molecule has 4 rings (SSSR count). The molecule has 1 amide bonds. The average molecular weight is 372 g/mol. The number of para-hydroxylation sites is 2. The largest absolute Gasteiger partial charge is 0.507 e. The van der Waals surface area contributed by atoms with Crippen molar-refractivity contribution in [1.29, 1.82) is 0 Å². The minimum absolute atomic E-state index is 0.118. The molecule has 0 aliphatic rings. The number of carbonyl (C=O) groups is 1. The Morgan fingerprint density at radius 3 is 2.71 bits per heavy atom. The van der Waals surface area contributed by atoms with Crippen LogP contribution in [0.2, 0.25) is 0 Å². The summed E-state index contributed by atoms with van der Waals surface area (Å²) >= 11 is 0. The van der Waals surface area contributed by atoms with Crippen LogP contribution >= 0.6 is 0 Å². The topological polar surface area (TPSA) is 79.5 Å².